The third kappa shape index (κ3) is 2.94. The Balaban J connectivity index is 1.53. The van der Waals surface area contributed by atoms with Crippen molar-refractivity contribution in [1.29, 1.82) is 0 Å². The first-order chi connectivity index (χ1) is 12.2. The van der Waals surface area contributed by atoms with Crippen LogP contribution in [0.2, 0.25) is 0 Å². The molecule has 25 heavy (non-hydrogen) atoms. The van der Waals surface area contributed by atoms with Crippen LogP contribution in [0, 0.1) is 0 Å². The molecule has 0 aliphatic carbocycles. The standard InChI is InChI=1S/C20H22N2O3/c1-24-18-12-22(19(23)16-7-9-21-10-8-16)14-20(18)11-17(13-25-20)15-5-3-2-4-6-15/h2-10,17-18H,11-14H2,1H3/t17-,18+,20+/m0/s1. The highest BCUT2D eigenvalue weighted by Gasteiger charge is 2.54. The number of methoxy groups -OCH3 is 1. The Hall–Kier alpha value is -2.24. The number of pyridine rings is 1. The molecule has 0 radical (unpaired) electrons. The Morgan fingerprint density at radius 1 is 1.24 bits per heavy atom. The highest BCUT2D eigenvalue weighted by Crippen LogP contribution is 2.43. The van der Waals surface area contributed by atoms with Gasteiger partial charge in [0.1, 0.15) is 11.7 Å². The molecule has 1 spiro atoms. The summed E-state index contributed by atoms with van der Waals surface area (Å²) in [5, 5.41) is 0. The van der Waals surface area contributed by atoms with Gasteiger partial charge >= 0.3 is 0 Å². The molecule has 2 aromatic rings. The Morgan fingerprint density at radius 3 is 2.72 bits per heavy atom. The molecule has 3 heterocycles. The van der Waals surface area contributed by atoms with Crippen molar-refractivity contribution < 1.29 is 14.3 Å². The van der Waals surface area contributed by atoms with Gasteiger partial charge in [-0.05, 0) is 24.1 Å². The van der Waals surface area contributed by atoms with E-state index in [1.54, 1.807) is 31.6 Å². The smallest absolute Gasteiger partial charge is 0.254 e. The summed E-state index contributed by atoms with van der Waals surface area (Å²) >= 11 is 0. The average Bonchev–Trinajstić information content (AvgIpc) is 3.27. The maximum atomic E-state index is 12.8. The number of nitrogens with zero attached hydrogens (tertiary/aromatic N) is 2. The van der Waals surface area contributed by atoms with Crippen LogP contribution in [-0.2, 0) is 9.47 Å². The van der Waals surface area contributed by atoms with Gasteiger partial charge in [-0.25, -0.2) is 0 Å². The predicted octanol–water partition coefficient (Wildman–Crippen LogP) is 2.50. The Kier molecular flexibility index (Phi) is 4.27. The van der Waals surface area contributed by atoms with E-state index in [9.17, 15) is 4.79 Å². The number of hydrogen-bond acceptors (Lipinski definition) is 4. The van der Waals surface area contributed by atoms with Gasteiger partial charge in [0.25, 0.3) is 5.91 Å². The minimum absolute atomic E-state index is 0.00749. The van der Waals surface area contributed by atoms with Crippen molar-refractivity contribution >= 4 is 5.91 Å². The number of aromatic nitrogens is 1. The Bertz CT molecular complexity index is 737. The van der Waals surface area contributed by atoms with Gasteiger partial charge in [-0.3, -0.25) is 9.78 Å². The molecule has 2 saturated heterocycles. The maximum absolute atomic E-state index is 12.8. The van der Waals surface area contributed by atoms with Crippen molar-refractivity contribution in [3.63, 3.8) is 0 Å². The quantitative estimate of drug-likeness (QED) is 0.863. The van der Waals surface area contributed by atoms with E-state index in [0.717, 1.165) is 6.42 Å². The van der Waals surface area contributed by atoms with Crippen LogP contribution in [0.15, 0.2) is 54.9 Å². The molecule has 2 aliphatic heterocycles. The number of hydrogen-bond donors (Lipinski definition) is 0. The van der Waals surface area contributed by atoms with Crippen molar-refractivity contribution in [3.05, 3.63) is 66.0 Å². The molecule has 1 amide bonds. The van der Waals surface area contributed by atoms with E-state index >= 15 is 0 Å². The van der Waals surface area contributed by atoms with E-state index in [-0.39, 0.29) is 12.0 Å². The van der Waals surface area contributed by atoms with Crippen molar-refractivity contribution in [2.75, 3.05) is 26.8 Å². The molecule has 2 fully saturated rings. The molecule has 0 unspecified atom stereocenters. The van der Waals surface area contributed by atoms with Gasteiger partial charge in [-0.15, -0.1) is 0 Å². The summed E-state index contributed by atoms with van der Waals surface area (Å²) in [6, 6.07) is 13.9. The number of likely N-dealkylation sites (tertiary alicyclic amines) is 1. The summed E-state index contributed by atoms with van der Waals surface area (Å²) in [6.45, 7) is 1.79. The van der Waals surface area contributed by atoms with Gasteiger partial charge in [-0.1, -0.05) is 30.3 Å². The number of carbonyl (C=O) groups excluding carboxylic acids is 1. The molecule has 5 nitrogen and oxygen atoms in total. The third-order valence-corrected chi connectivity index (χ3v) is 5.37. The second-order valence-corrected chi connectivity index (χ2v) is 6.83. The molecule has 0 bridgehead atoms. The zero-order chi connectivity index (χ0) is 17.3. The maximum Gasteiger partial charge on any atom is 0.254 e. The molecule has 130 valence electrons. The van der Waals surface area contributed by atoms with Gasteiger partial charge in [0, 0.05) is 31.0 Å². The molecule has 0 saturated carbocycles. The fourth-order valence-corrected chi connectivity index (χ4v) is 4.05. The number of benzene rings is 1. The van der Waals surface area contributed by atoms with Crippen LogP contribution in [0.3, 0.4) is 0 Å². The van der Waals surface area contributed by atoms with Crippen molar-refractivity contribution in [2.45, 2.75) is 24.0 Å². The first-order valence-corrected chi connectivity index (χ1v) is 8.63. The normalized spacial score (nSPS) is 28.6. The third-order valence-electron chi connectivity index (χ3n) is 5.37. The first kappa shape index (κ1) is 16.2. The summed E-state index contributed by atoms with van der Waals surface area (Å²) in [7, 11) is 1.70. The lowest BCUT2D eigenvalue weighted by Gasteiger charge is -2.28. The van der Waals surface area contributed by atoms with E-state index in [1.807, 2.05) is 11.0 Å². The van der Waals surface area contributed by atoms with Gasteiger partial charge < -0.3 is 14.4 Å². The summed E-state index contributed by atoms with van der Waals surface area (Å²) in [4.78, 5) is 18.6. The predicted molar refractivity (Wildman–Crippen MR) is 93.4 cm³/mol. The van der Waals surface area contributed by atoms with Crippen LogP contribution in [0.1, 0.15) is 28.3 Å². The lowest BCUT2D eigenvalue weighted by Crippen LogP contribution is -2.42. The molecular formula is C20H22N2O3. The van der Waals surface area contributed by atoms with Crippen LogP contribution in [-0.4, -0.2) is 54.3 Å². The highest BCUT2D eigenvalue weighted by atomic mass is 16.6. The van der Waals surface area contributed by atoms with Crippen LogP contribution in [0.4, 0.5) is 0 Å². The fourth-order valence-electron chi connectivity index (χ4n) is 4.05. The van der Waals surface area contributed by atoms with Crippen LogP contribution in [0.5, 0.6) is 0 Å². The second kappa shape index (κ2) is 6.58. The molecule has 2 aliphatic rings. The van der Waals surface area contributed by atoms with Gasteiger partial charge in [0.05, 0.1) is 19.7 Å². The number of amides is 1. The summed E-state index contributed by atoms with van der Waals surface area (Å²) in [5.74, 6) is 0.350. The average molecular weight is 338 g/mol. The summed E-state index contributed by atoms with van der Waals surface area (Å²) < 4.78 is 12.0. The SMILES string of the molecule is CO[C@@H]1CN(C(=O)c2ccncc2)C[C@]12C[C@H](c1ccccc1)CO2. The van der Waals surface area contributed by atoms with E-state index < -0.39 is 5.60 Å². The zero-order valence-electron chi connectivity index (χ0n) is 14.3. The van der Waals surface area contributed by atoms with Gasteiger partial charge in [0.2, 0.25) is 0 Å². The lowest BCUT2D eigenvalue weighted by molar-refractivity contribution is -0.0755. The first-order valence-electron chi connectivity index (χ1n) is 8.63. The van der Waals surface area contributed by atoms with Gasteiger partial charge in [-0.2, -0.15) is 0 Å². The monoisotopic (exact) mass is 338 g/mol. The van der Waals surface area contributed by atoms with Crippen molar-refractivity contribution in [2.24, 2.45) is 0 Å². The van der Waals surface area contributed by atoms with Crippen molar-refractivity contribution in [1.82, 2.24) is 9.88 Å². The molecule has 3 atom stereocenters. The molecule has 4 rings (SSSR count). The molecule has 5 heteroatoms. The number of rotatable bonds is 3. The van der Waals surface area contributed by atoms with E-state index in [1.165, 1.54) is 5.56 Å². The van der Waals surface area contributed by atoms with E-state index in [0.29, 0.717) is 31.2 Å². The Labute approximate surface area is 147 Å². The zero-order valence-corrected chi connectivity index (χ0v) is 14.3. The topological polar surface area (TPSA) is 51.7 Å². The molecule has 1 aromatic heterocycles. The molecule has 0 N–H and O–H groups in total. The van der Waals surface area contributed by atoms with Crippen molar-refractivity contribution in [3.8, 4) is 0 Å². The summed E-state index contributed by atoms with van der Waals surface area (Å²) in [6.07, 6.45) is 4.05. The van der Waals surface area contributed by atoms with E-state index in [4.69, 9.17) is 9.47 Å². The second-order valence-electron chi connectivity index (χ2n) is 6.83. The lowest BCUT2D eigenvalue weighted by atomic mass is 9.87. The minimum Gasteiger partial charge on any atom is -0.377 e. The van der Waals surface area contributed by atoms with Crippen LogP contribution < -0.4 is 0 Å². The minimum atomic E-state index is -0.419. The molecule has 1 aromatic carbocycles. The van der Waals surface area contributed by atoms with Crippen LogP contribution >= 0.6 is 0 Å². The highest BCUT2D eigenvalue weighted by molar-refractivity contribution is 5.94. The fraction of sp³-hybridized carbons (Fsp3) is 0.400. The number of carbonyl (C=O) groups is 1. The van der Waals surface area contributed by atoms with E-state index in [2.05, 4.69) is 29.2 Å². The largest absolute Gasteiger partial charge is 0.377 e. The summed E-state index contributed by atoms with van der Waals surface area (Å²) in [5.41, 5.74) is 1.52. The van der Waals surface area contributed by atoms with Crippen LogP contribution in [0.25, 0.3) is 0 Å². The Morgan fingerprint density at radius 2 is 2.00 bits per heavy atom. The molecular weight excluding hydrogens is 316 g/mol. The van der Waals surface area contributed by atoms with Gasteiger partial charge in [0.15, 0.2) is 0 Å². The number of ether oxygens (including phenoxy) is 2.